The van der Waals surface area contributed by atoms with Gasteiger partial charge in [-0.05, 0) is 19.9 Å². The molecule has 0 fully saturated rings. The van der Waals surface area contributed by atoms with Gasteiger partial charge in [0.1, 0.15) is 5.56 Å². The van der Waals surface area contributed by atoms with Crippen molar-refractivity contribution in [3.05, 3.63) is 45.3 Å². The number of aryl methyl sites for hydroxylation is 2. The van der Waals surface area contributed by atoms with Crippen molar-refractivity contribution in [2.45, 2.75) is 13.8 Å². The Kier molecular flexibility index (Phi) is 4.93. The van der Waals surface area contributed by atoms with Crippen LogP contribution in [0, 0.1) is 24.0 Å². The molecule has 1 aromatic carbocycles. The summed E-state index contributed by atoms with van der Waals surface area (Å²) in [5.74, 6) is -0.285. The van der Waals surface area contributed by atoms with Gasteiger partial charge in [0.25, 0.3) is 11.6 Å². The van der Waals surface area contributed by atoms with Crippen molar-refractivity contribution in [2.75, 3.05) is 19.5 Å². The molecule has 2 rings (SSSR count). The fraction of sp³-hybridized carbons (Fsp3) is 0.267. The third-order valence-electron chi connectivity index (χ3n) is 3.15. The number of amides is 1. The predicted octanol–water partition coefficient (Wildman–Crippen LogP) is 2.27. The number of hydrogen-bond donors (Lipinski definition) is 1. The second kappa shape index (κ2) is 6.90. The van der Waals surface area contributed by atoms with Gasteiger partial charge in [0.2, 0.25) is 5.95 Å². The highest BCUT2D eigenvalue weighted by molar-refractivity contribution is 6.06. The Bertz CT molecular complexity index is 786. The zero-order chi connectivity index (χ0) is 17.9. The number of ether oxygens (including phenoxy) is 2. The van der Waals surface area contributed by atoms with Gasteiger partial charge < -0.3 is 9.47 Å². The van der Waals surface area contributed by atoms with Crippen LogP contribution in [0.15, 0.2) is 18.2 Å². The number of nitro benzene ring substituents is 1. The van der Waals surface area contributed by atoms with E-state index in [1.54, 1.807) is 19.9 Å². The molecule has 0 aliphatic heterocycles. The van der Waals surface area contributed by atoms with Crippen LogP contribution in [0.5, 0.6) is 11.5 Å². The first-order valence-electron chi connectivity index (χ1n) is 6.89. The van der Waals surface area contributed by atoms with Crippen molar-refractivity contribution in [1.29, 1.82) is 0 Å². The van der Waals surface area contributed by atoms with Crippen LogP contribution in [0.1, 0.15) is 21.7 Å². The normalized spacial score (nSPS) is 10.2. The van der Waals surface area contributed by atoms with E-state index in [4.69, 9.17) is 9.47 Å². The number of hydrogen-bond acceptors (Lipinski definition) is 7. The van der Waals surface area contributed by atoms with Crippen LogP contribution in [-0.4, -0.2) is 35.0 Å². The maximum Gasteiger partial charge on any atom is 0.286 e. The Balaban J connectivity index is 2.45. The summed E-state index contributed by atoms with van der Waals surface area (Å²) in [6.07, 6.45) is 0. The molecular weight excluding hydrogens is 316 g/mol. The lowest BCUT2D eigenvalue weighted by molar-refractivity contribution is -0.385. The highest BCUT2D eigenvalue weighted by atomic mass is 16.6. The van der Waals surface area contributed by atoms with Gasteiger partial charge in [0, 0.05) is 17.5 Å². The first kappa shape index (κ1) is 17.1. The molecule has 0 aliphatic rings. The van der Waals surface area contributed by atoms with E-state index in [1.165, 1.54) is 20.3 Å². The lowest BCUT2D eigenvalue weighted by atomic mass is 10.1. The average molecular weight is 332 g/mol. The Hall–Kier alpha value is -3.23. The van der Waals surface area contributed by atoms with Gasteiger partial charge in [-0.15, -0.1) is 0 Å². The third kappa shape index (κ3) is 3.57. The van der Waals surface area contributed by atoms with Crippen LogP contribution in [-0.2, 0) is 0 Å². The van der Waals surface area contributed by atoms with Gasteiger partial charge in [-0.25, -0.2) is 9.97 Å². The SMILES string of the molecule is COc1cc(C(=O)Nc2nc(C)cc(C)n2)c([N+](=O)[O-])cc1OC. The van der Waals surface area contributed by atoms with Gasteiger partial charge in [-0.2, -0.15) is 0 Å². The van der Waals surface area contributed by atoms with Crippen molar-refractivity contribution in [1.82, 2.24) is 9.97 Å². The molecule has 0 spiro atoms. The van der Waals surface area contributed by atoms with E-state index in [2.05, 4.69) is 15.3 Å². The third-order valence-corrected chi connectivity index (χ3v) is 3.15. The number of rotatable bonds is 5. The smallest absolute Gasteiger partial charge is 0.286 e. The molecule has 0 saturated heterocycles. The van der Waals surface area contributed by atoms with E-state index >= 15 is 0 Å². The molecule has 126 valence electrons. The van der Waals surface area contributed by atoms with Gasteiger partial charge in [0.15, 0.2) is 11.5 Å². The average Bonchev–Trinajstić information content (AvgIpc) is 2.52. The summed E-state index contributed by atoms with van der Waals surface area (Å²) >= 11 is 0. The van der Waals surface area contributed by atoms with Crippen molar-refractivity contribution >= 4 is 17.5 Å². The van der Waals surface area contributed by atoms with Gasteiger partial charge in [-0.1, -0.05) is 0 Å². The zero-order valence-corrected chi connectivity index (χ0v) is 13.6. The molecule has 1 N–H and O–H groups in total. The maximum atomic E-state index is 12.4. The molecule has 0 bridgehead atoms. The molecule has 1 heterocycles. The predicted molar refractivity (Wildman–Crippen MR) is 85.7 cm³/mol. The molecular formula is C15H16N4O5. The number of nitrogens with zero attached hydrogens (tertiary/aromatic N) is 3. The quantitative estimate of drug-likeness (QED) is 0.659. The van der Waals surface area contributed by atoms with Crippen LogP contribution >= 0.6 is 0 Å². The zero-order valence-electron chi connectivity index (χ0n) is 13.6. The highest BCUT2D eigenvalue weighted by Crippen LogP contribution is 2.34. The van der Waals surface area contributed by atoms with Gasteiger partial charge >= 0.3 is 0 Å². The molecule has 24 heavy (non-hydrogen) atoms. The molecule has 0 unspecified atom stereocenters. The Morgan fingerprint density at radius 3 is 2.12 bits per heavy atom. The summed E-state index contributed by atoms with van der Waals surface area (Å²) in [5.41, 5.74) is 0.745. The minimum Gasteiger partial charge on any atom is -0.493 e. The Labute approximate surface area is 137 Å². The van der Waals surface area contributed by atoms with Crippen molar-refractivity contribution in [3.63, 3.8) is 0 Å². The van der Waals surface area contributed by atoms with E-state index < -0.39 is 16.5 Å². The molecule has 1 aromatic heterocycles. The largest absolute Gasteiger partial charge is 0.493 e. The number of aromatic nitrogens is 2. The molecule has 0 atom stereocenters. The van der Waals surface area contributed by atoms with E-state index in [-0.39, 0.29) is 23.0 Å². The minimum absolute atomic E-state index is 0.0709. The first-order valence-corrected chi connectivity index (χ1v) is 6.89. The highest BCUT2D eigenvalue weighted by Gasteiger charge is 2.25. The number of nitro groups is 1. The fourth-order valence-electron chi connectivity index (χ4n) is 2.15. The minimum atomic E-state index is -0.715. The van der Waals surface area contributed by atoms with Crippen LogP contribution in [0.2, 0.25) is 0 Å². The second-order valence-electron chi connectivity index (χ2n) is 4.91. The lowest BCUT2D eigenvalue weighted by Crippen LogP contribution is -2.17. The van der Waals surface area contributed by atoms with Crippen LogP contribution in [0.4, 0.5) is 11.6 Å². The monoisotopic (exact) mass is 332 g/mol. The number of methoxy groups -OCH3 is 2. The second-order valence-corrected chi connectivity index (χ2v) is 4.91. The van der Waals surface area contributed by atoms with Crippen molar-refractivity contribution in [2.24, 2.45) is 0 Å². The van der Waals surface area contributed by atoms with Crippen LogP contribution in [0.3, 0.4) is 0 Å². The maximum absolute atomic E-state index is 12.4. The van der Waals surface area contributed by atoms with Crippen molar-refractivity contribution in [3.8, 4) is 11.5 Å². The Morgan fingerprint density at radius 2 is 1.62 bits per heavy atom. The topological polar surface area (TPSA) is 116 Å². The van der Waals surface area contributed by atoms with E-state index in [9.17, 15) is 14.9 Å². The number of nitrogens with one attached hydrogen (secondary N) is 1. The summed E-state index contributed by atoms with van der Waals surface area (Å²) < 4.78 is 10.1. The molecule has 0 radical (unpaired) electrons. The fourth-order valence-corrected chi connectivity index (χ4v) is 2.15. The lowest BCUT2D eigenvalue weighted by Gasteiger charge is -2.10. The van der Waals surface area contributed by atoms with E-state index in [1.807, 2.05) is 0 Å². The number of carbonyl (C=O) groups excluding carboxylic acids is 1. The van der Waals surface area contributed by atoms with Gasteiger partial charge in [-0.3, -0.25) is 20.2 Å². The number of anilines is 1. The molecule has 9 heteroatoms. The summed E-state index contributed by atoms with van der Waals surface area (Å²) in [7, 11) is 2.73. The molecule has 0 aliphatic carbocycles. The molecule has 9 nitrogen and oxygen atoms in total. The first-order chi connectivity index (χ1) is 11.3. The van der Waals surface area contributed by atoms with E-state index in [0.29, 0.717) is 11.4 Å². The van der Waals surface area contributed by atoms with Gasteiger partial charge in [0.05, 0.1) is 25.2 Å². The summed E-state index contributed by atoms with van der Waals surface area (Å²) in [6.45, 7) is 3.51. The molecule has 0 saturated carbocycles. The number of benzene rings is 1. The Morgan fingerprint density at radius 1 is 1.08 bits per heavy atom. The van der Waals surface area contributed by atoms with Crippen LogP contribution in [0.25, 0.3) is 0 Å². The van der Waals surface area contributed by atoms with Crippen molar-refractivity contribution < 1.29 is 19.2 Å². The van der Waals surface area contributed by atoms with Crippen LogP contribution < -0.4 is 14.8 Å². The summed E-state index contributed by atoms with van der Waals surface area (Å²) in [5, 5.41) is 13.7. The summed E-state index contributed by atoms with van der Waals surface area (Å²) in [6, 6.07) is 4.12. The summed E-state index contributed by atoms with van der Waals surface area (Å²) in [4.78, 5) is 31.2. The number of carbonyl (C=O) groups is 1. The van der Waals surface area contributed by atoms with E-state index in [0.717, 1.165) is 6.07 Å². The standard InChI is InChI=1S/C15H16N4O5/c1-8-5-9(2)17-15(16-8)18-14(20)10-6-12(23-3)13(24-4)7-11(10)19(21)22/h5-7H,1-4H3,(H,16,17,18,20). The molecule has 2 aromatic rings. The molecule has 1 amide bonds.